The number of carbonyl (C=O) groups is 1. The van der Waals surface area contributed by atoms with Crippen molar-refractivity contribution >= 4 is 11.6 Å². The zero-order valence-corrected chi connectivity index (χ0v) is 16.8. The second-order valence-corrected chi connectivity index (χ2v) is 7.95. The lowest BCUT2D eigenvalue weighted by Crippen LogP contribution is -2.24. The van der Waals surface area contributed by atoms with E-state index < -0.39 is 0 Å². The van der Waals surface area contributed by atoms with E-state index in [9.17, 15) is 4.79 Å². The molecule has 0 aliphatic carbocycles. The molecule has 0 spiro atoms. The summed E-state index contributed by atoms with van der Waals surface area (Å²) in [6, 6.07) is 4.11. The van der Waals surface area contributed by atoms with Gasteiger partial charge in [-0.1, -0.05) is 11.2 Å². The van der Waals surface area contributed by atoms with Crippen LogP contribution in [-0.4, -0.2) is 27.6 Å². The number of benzene rings is 1. The van der Waals surface area contributed by atoms with Crippen LogP contribution >= 0.6 is 0 Å². The van der Waals surface area contributed by atoms with Gasteiger partial charge in [0.25, 0.3) is 0 Å². The first-order valence-electron chi connectivity index (χ1n) is 9.94. The summed E-state index contributed by atoms with van der Waals surface area (Å²) in [6.07, 6.45) is 3.22. The van der Waals surface area contributed by atoms with Gasteiger partial charge in [0, 0.05) is 36.1 Å². The first kappa shape index (κ1) is 18.0. The fourth-order valence-electron chi connectivity index (χ4n) is 4.57. The lowest BCUT2D eigenvalue weighted by Gasteiger charge is -2.19. The smallest absolute Gasteiger partial charge is 0.232 e. The Kier molecular flexibility index (Phi) is 4.20. The predicted octanol–water partition coefficient (Wildman–Crippen LogP) is 2.98. The van der Waals surface area contributed by atoms with Gasteiger partial charge in [0.15, 0.2) is 0 Å². The Morgan fingerprint density at radius 1 is 1.24 bits per heavy atom. The minimum Gasteiger partial charge on any atom is -0.339 e. The number of nitrogens with one attached hydrogen (secondary N) is 2. The standard InChI is InChI=1S/C22H23N5O2/c1-11-6-12(2)19-16(22(28)25-17(19)7-11)8-18-26-21(27-29-18)20-13(3)24-10-14-9-23-5-4-15(14)20/h6-7,10,16,23H,4-5,8-9H2,1-3H3,(H,25,28). The van der Waals surface area contributed by atoms with Crippen molar-refractivity contribution in [1.29, 1.82) is 0 Å². The van der Waals surface area contributed by atoms with Crippen LogP contribution in [0.3, 0.4) is 0 Å². The third-order valence-corrected chi connectivity index (χ3v) is 5.86. The maximum absolute atomic E-state index is 12.6. The van der Waals surface area contributed by atoms with Gasteiger partial charge in [-0.2, -0.15) is 4.98 Å². The highest BCUT2D eigenvalue weighted by molar-refractivity contribution is 6.03. The van der Waals surface area contributed by atoms with E-state index in [0.717, 1.165) is 53.1 Å². The molecule has 0 radical (unpaired) electrons. The molecule has 4 heterocycles. The van der Waals surface area contributed by atoms with E-state index in [1.807, 2.05) is 33.0 Å². The Bertz CT molecular complexity index is 1130. The molecular formula is C22H23N5O2. The number of carbonyl (C=O) groups excluding carboxylic acids is 1. The fourth-order valence-corrected chi connectivity index (χ4v) is 4.57. The summed E-state index contributed by atoms with van der Waals surface area (Å²) < 4.78 is 5.57. The Morgan fingerprint density at radius 2 is 2.10 bits per heavy atom. The molecular weight excluding hydrogens is 366 g/mol. The highest BCUT2D eigenvalue weighted by Crippen LogP contribution is 2.38. The molecule has 2 aliphatic rings. The predicted molar refractivity (Wildman–Crippen MR) is 109 cm³/mol. The van der Waals surface area contributed by atoms with Crippen LogP contribution in [0.25, 0.3) is 11.4 Å². The molecule has 7 nitrogen and oxygen atoms in total. The number of aromatic nitrogens is 3. The summed E-state index contributed by atoms with van der Waals surface area (Å²) in [5.41, 5.74) is 8.43. The highest BCUT2D eigenvalue weighted by Gasteiger charge is 2.34. The number of nitrogens with zero attached hydrogens (tertiary/aromatic N) is 3. The summed E-state index contributed by atoms with van der Waals surface area (Å²) in [5.74, 6) is 0.698. The van der Waals surface area contributed by atoms with Gasteiger partial charge in [0.05, 0.1) is 5.92 Å². The Morgan fingerprint density at radius 3 is 2.97 bits per heavy atom. The van der Waals surface area contributed by atoms with Crippen molar-refractivity contribution in [2.24, 2.45) is 0 Å². The van der Waals surface area contributed by atoms with Crippen LogP contribution in [0.15, 0.2) is 22.9 Å². The van der Waals surface area contributed by atoms with Crippen molar-refractivity contribution < 1.29 is 9.32 Å². The number of aryl methyl sites for hydroxylation is 3. The van der Waals surface area contributed by atoms with Crippen LogP contribution < -0.4 is 10.6 Å². The molecule has 2 aliphatic heterocycles. The third kappa shape index (κ3) is 3.02. The van der Waals surface area contributed by atoms with Gasteiger partial charge in [-0.05, 0) is 67.6 Å². The van der Waals surface area contributed by atoms with Gasteiger partial charge >= 0.3 is 0 Å². The van der Waals surface area contributed by atoms with Gasteiger partial charge in [-0.15, -0.1) is 0 Å². The molecule has 2 aromatic heterocycles. The van der Waals surface area contributed by atoms with Crippen molar-refractivity contribution in [2.45, 2.75) is 46.1 Å². The molecule has 1 aromatic carbocycles. The van der Waals surface area contributed by atoms with E-state index >= 15 is 0 Å². The van der Waals surface area contributed by atoms with Crippen molar-refractivity contribution in [2.75, 3.05) is 11.9 Å². The molecule has 2 N–H and O–H groups in total. The Labute approximate surface area is 168 Å². The van der Waals surface area contributed by atoms with Crippen molar-refractivity contribution in [1.82, 2.24) is 20.4 Å². The van der Waals surface area contributed by atoms with E-state index in [-0.39, 0.29) is 11.8 Å². The Balaban J connectivity index is 1.48. The number of anilines is 1. The molecule has 148 valence electrons. The average Bonchev–Trinajstić information content (AvgIpc) is 3.26. The third-order valence-electron chi connectivity index (χ3n) is 5.86. The summed E-state index contributed by atoms with van der Waals surface area (Å²) >= 11 is 0. The quantitative estimate of drug-likeness (QED) is 0.715. The molecule has 1 atom stereocenters. The Hall–Kier alpha value is -3.06. The number of hydrogen-bond donors (Lipinski definition) is 2. The van der Waals surface area contributed by atoms with E-state index in [2.05, 4.69) is 31.8 Å². The molecule has 0 saturated heterocycles. The number of rotatable bonds is 3. The summed E-state index contributed by atoms with van der Waals surface area (Å²) in [5, 5.41) is 10.6. The normalized spacial score (nSPS) is 17.8. The van der Waals surface area contributed by atoms with Gasteiger partial charge < -0.3 is 15.2 Å². The van der Waals surface area contributed by atoms with E-state index in [1.165, 1.54) is 11.1 Å². The molecule has 7 heteroatoms. The number of fused-ring (bicyclic) bond motifs is 2. The molecule has 0 fully saturated rings. The highest BCUT2D eigenvalue weighted by atomic mass is 16.5. The van der Waals surface area contributed by atoms with Crippen LogP contribution in [0, 0.1) is 20.8 Å². The summed E-state index contributed by atoms with van der Waals surface area (Å²) in [6.45, 7) is 7.77. The van der Waals surface area contributed by atoms with Crippen LogP contribution in [-0.2, 0) is 24.2 Å². The van der Waals surface area contributed by atoms with Gasteiger partial charge in [0.1, 0.15) is 0 Å². The molecule has 0 saturated carbocycles. The van der Waals surface area contributed by atoms with Gasteiger partial charge in [-0.25, -0.2) is 0 Å². The second kappa shape index (κ2) is 6.77. The molecule has 29 heavy (non-hydrogen) atoms. The lowest BCUT2D eigenvalue weighted by atomic mass is 9.92. The number of hydrogen-bond acceptors (Lipinski definition) is 6. The second-order valence-electron chi connectivity index (χ2n) is 7.95. The summed E-state index contributed by atoms with van der Waals surface area (Å²) in [7, 11) is 0. The SMILES string of the molecule is Cc1cc(C)c2c(c1)NC(=O)C2Cc1nc(-c2c(C)ncc3c2CCNC3)no1. The molecule has 0 bridgehead atoms. The van der Waals surface area contributed by atoms with Gasteiger partial charge in [0.2, 0.25) is 17.6 Å². The first-order chi connectivity index (χ1) is 14.0. The van der Waals surface area contributed by atoms with E-state index in [1.54, 1.807) is 0 Å². The number of amides is 1. The van der Waals surface area contributed by atoms with Crippen LogP contribution in [0.4, 0.5) is 5.69 Å². The maximum atomic E-state index is 12.6. The maximum Gasteiger partial charge on any atom is 0.232 e. The lowest BCUT2D eigenvalue weighted by molar-refractivity contribution is -0.117. The van der Waals surface area contributed by atoms with Crippen molar-refractivity contribution in [3.8, 4) is 11.4 Å². The van der Waals surface area contributed by atoms with Crippen molar-refractivity contribution in [3.63, 3.8) is 0 Å². The zero-order chi connectivity index (χ0) is 20.1. The number of pyridine rings is 1. The average molecular weight is 389 g/mol. The molecule has 5 rings (SSSR count). The van der Waals surface area contributed by atoms with Crippen LogP contribution in [0.5, 0.6) is 0 Å². The van der Waals surface area contributed by atoms with E-state index in [4.69, 9.17) is 4.52 Å². The minimum absolute atomic E-state index is 0.0190. The topological polar surface area (TPSA) is 92.9 Å². The first-order valence-corrected chi connectivity index (χ1v) is 9.94. The molecule has 3 aromatic rings. The zero-order valence-electron chi connectivity index (χ0n) is 16.8. The molecule has 1 amide bonds. The van der Waals surface area contributed by atoms with Crippen LogP contribution in [0.1, 0.15) is 45.3 Å². The van der Waals surface area contributed by atoms with Crippen molar-refractivity contribution in [3.05, 3.63) is 57.7 Å². The van der Waals surface area contributed by atoms with E-state index in [0.29, 0.717) is 18.1 Å². The van der Waals surface area contributed by atoms with Gasteiger partial charge in [-0.3, -0.25) is 9.78 Å². The van der Waals surface area contributed by atoms with Crippen LogP contribution in [0.2, 0.25) is 0 Å². The minimum atomic E-state index is -0.313. The molecule has 1 unspecified atom stereocenters. The fraction of sp³-hybridized carbons (Fsp3) is 0.364. The largest absolute Gasteiger partial charge is 0.339 e. The summed E-state index contributed by atoms with van der Waals surface area (Å²) in [4.78, 5) is 21.8. The monoisotopic (exact) mass is 389 g/mol.